The number of pyridine rings is 1. The molecule has 3 aromatic rings. The lowest BCUT2D eigenvalue weighted by Gasteiger charge is -2.35. The summed E-state index contributed by atoms with van der Waals surface area (Å²) in [6.45, 7) is 11.4. The third-order valence-electron chi connectivity index (χ3n) is 7.00. The molecule has 1 fully saturated rings. The molecule has 1 aliphatic heterocycles. The number of allylic oxidation sites excluding steroid dienone is 1. The first-order valence-electron chi connectivity index (χ1n) is 13.6. The van der Waals surface area contributed by atoms with Gasteiger partial charge in [0.25, 0.3) is 5.91 Å². The number of anilines is 1. The summed E-state index contributed by atoms with van der Waals surface area (Å²) in [6, 6.07) is 10.2. The molecule has 0 spiro atoms. The number of rotatable bonds is 8. The summed E-state index contributed by atoms with van der Waals surface area (Å²) >= 11 is 6.19. The van der Waals surface area contributed by atoms with Crippen molar-refractivity contribution in [1.82, 2.24) is 14.8 Å². The first kappa shape index (κ1) is 32.8. The van der Waals surface area contributed by atoms with E-state index in [1.54, 1.807) is 42.4 Å². The lowest BCUT2D eigenvalue weighted by molar-refractivity contribution is 0.0625. The number of hydrogen-bond donors (Lipinski definition) is 2. The minimum atomic E-state index is -0.940. The number of hydrogen-bond acceptors (Lipinski definition) is 5. The van der Waals surface area contributed by atoms with E-state index in [0.29, 0.717) is 55.3 Å². The number of amides is 1. The van der Waals surface area contributed by atoms with Crippen LogP contribution >= 0.6 is 11.6 Å². The molecule has 0 radical (unpaired) electrons. The van der Waals surface area contributed by atoms with Crippen LogP contribution in [0.1, 0.15) is 35.7 Å². The summed E-state index contributed by atoms with van der Waals surface area (Å²) in [5.41, 5.74) is 2.02. The molecule has 0 aliphatic carbocycles. The Bertz CT molecular complexity index is 1490. The molecule has 1 atom stereocenters. The molecule has 1 aliphatic rings. The average molecular weight is 601 g/mol. The van der Waals surface area contributed by atoms with Crippen molar-refractivity contribution in [2.75, 3.05) is 38.5 Å². The van der Waals surface area contributed by atoms with Crippen LogP contribution in [0.2, 0.25) is 5.02 Å². The van der Waals surface area contributed by atoms with Crippen molar-refractivity contribution in [2.24, 2.45) is 0 Å². The quantitative estimate of drug-likeness (QED) is 0.391. The lowest BCUT2D eigenvalue weighted by atomic mass is 10.1. The van der Waals surface area contributed by atoms with Gasteiger partial charge in [0.05, 0.1) is 22.0 Å². The lowest BCUT2D eigenvalue weighted by Crippen LogP contribution is -2.48. The largest absolute Gasteiger partial charge is 0.393 e. The van der Waals surface area contributed by atoms with Gasteiger partial charge in [-0.25, -0.2) is 13.2 Å². The maximum absolute atomic E-state index is 13.8. The van der Waals surface area contributed by atoms with Crippen molar-refractivity contribution in [3.63, 3.8) is 0 Å². The van der Waals surface area contributed by atoms with Crippen LogP contribution in [0.15, 0.2) is 61.3 Å². The normalized spacial score (nSPS) is 14.9. The zero-order chi connectivity index (χ0) is 30.8. The Morgan fingerprint density at radius 2 is 1.81 bits per heavy atom. The minimum Gasteiger partial charge on any atom is -0.393 e. The first-order valence-corrected chi connectivity index (χ1v) is 14.0. The van der Waals surface area contributed by atoms with Gasteiger partial charge in [0.15, 0.2) is 0 Å². The van der Waals surface area contributed by atoms with Crippen LogP contribution in [0.5, 0.6) is 0 Å². The number of aliphatic hydroxyl groups is 1. The van der Waals surface area contributed by atoms with E-state index < -0.39 is 17.5 Å². The highest BCUT2D eigenvalue weighted by atomic mass is 35.5. The van der Waals surface area contributed by atoms with Gasteiger partial charge in [0, 0.05) is 75.8 Å². The molecule has 224 valence electrons. The van der Waals surface area contributed by atoms with Crippen molar-refractivity contribution in [1.29, 1.82) is 0 Å². The summed E-state index contributed by atoms with van der Waals surface area (Å²) in [4.78, 5) is 20.4. The van der Waals surface area contributed by atoms with E-state index in [-0.39, 0.29) is 24.1 Å². The summed E-state index contributed by atoms with van der Waals surface area (Å²) < 4.78 is 40.6. The molecule has 0 saturated carbocycles. The highest BCUT2D eigenvalue weighted by Gasteiger charge is 2.25. The second-order valence-corrected chi connectivity index (χ2v) is 10.3. The van der Waals surface area contributed by atoms with E-state index in [9.17, 15) is 23.1 Å². The number of piperazine rings is 1. The Hall–Kier alpha value is -3.66. The summed E-state index contributed by atoms with van der Waals surface area (Å²) in [5.74, 6) is -2.92. The molecule has 10 heteroatoms. The number of aliphatic hydroxyl groups excluding tert-OH is 1. The fourth-order valence-electron chi connectivity index (χ4n) is 4.47. The smallest absolute Gasteiger partial charge is 0.255 e. The van der Waals surface area contributed by atoms with Crippen LogP contribution in [0.25, 0.3) is 12.2 Å². The molecule has 1 unspecified atom stereocenters. The Labute approximate surface area is 249 Å². The molecule has 1 saturated heterocycles. The Morgan fingerprint density at radius 1 is 1.14 bits per heavy atom. The first-order chi connectivity index (χ1) is 20.1. The van der Waals surface area contributed by atoms with E-state index in [2.05, 4.69) is 23.5 Å². The predicted molar refractivity (Wildman–Crippen MR) is 162 cm³/mol. The Kier molecular flexibility index (Phi) is 12.2. The van der Waals surface area contributed by atoms with Crippen LogP contribution in [0.3, 0.4) is 0 Å². The number of carbonyl (C=O) groups is 1. The second-order valence-electron chi connectivity index (χ2n) is 9.87. The summed E-state index contributed by atoms with van der Waals surface area (Å²) in [7, 11) is 1.76. The number of aromatic nitrogens is 1. The van der Waals surface area contributed by atoms with Gasteiger partial charge in [-0.15, -0.1) is 0 Å². The number of benzene rings is 2. The molecule has 0 bridgehead atoms. The third kappa shape index (κ3) is 8.67. The Morgan fingerprint density at radius 3 is 2.36 bits per heavy atom. The molecule has 42 heavy (non-hydrogen) atoms. The molecule has 1 aromatic heterocycles. The third-order valence-corrected chi connectivity index (χ3v) is 7.32. The molecule has 4 rings (SSSR count). The molecule has 2 aromatic carbocycles. The van der Waals surface area contributed by atoms with Crippen molar-refractivity contribution in [3.8, 4) is 0 Å². The second kappa shape index (κ2) is 15.5. The minimum absolute atomic E-state index is 0.0254. The van der Waals surface area contributed by atoms with Crippen LogP contribution in [-0.4, -0.2) is 65.1 Å². The van der Waals surface area contributed by atoms with E-state index in [1.807, 2.05) is 24.0 Å². The maximum Gasteiger partial charge on any atom is 0.255 e. The van der Waals surface area contributed by atoms with Crippen molar-refractivity contribution in [3.05, 3.63) is 105 Å². The predicted octanol–water partition coefficient (Wildman–Crippen LogP) is 4.75. The summed E-state index contributed by atoms with van der Waals surface area (Å²) in [6.07, 6.45) is 4.46. The van der Waals surface area contributed by atoms with Gasteiger partial charge in [0.1, 0.15) is 17.5 Å². The SMILES string of the molecule is C=C/C(CC(O)CC)=c1/ncccc1=C.CNc1ccc(C(=O)N2CCN(Cc3c(F)cc(F)cc3F)CC2)c(Cl)c1. The van der Waals surface area contributed by atoms with Crippen molar-refractivity contribution in [2.45, 2.75) is 32.4 Å². The van der Waals surface area contributed by atoms with Gasteiger partial charge >= 0.3 is 0 Å². The monoisotopic (exact) mass is 600 g/mol. The number of nitrogens with zero attached hydrogens (tertiary/aromatic N) is 3. The number of halogens is 4. The fraction of sp³-hybridized carbons (Fsp3) is 0.312. The van der Waals surface area contributed by atoms with Crippen LogP contribution in [-0.2, 0) is 6.54 Å². The molecular weight excluding hydrogens is 565 g/mol. The van der Waals surface area contributed by atoms with Gasteiger partial charge in [-0.3, -0.25) is 14.7 Å². The highest BCUT2D eigenvalue weighted by molar-refractivity contribution is 6.34. The molecule has 6 nitrogen and oxygen atoms in total. The van der Waals surface area contributed by atoms with Crippen molar-refractivity contribution < 1.29 is 23.1 Å². The average Bonchev–Trinajstić information content (AvgIpc) is 2.98. The summed E-state index contributed by atoms with van der Waals surface area (Å²) in [5, 5.41) is 14.6. The van der Waals surface area contributed by atoms with Gasteiger partial charge < -0.3 is 15.3 Å². The van der Waals surface area contributed by atoms with E-state index in [0.717, 1.165) is 28.2 Å². The molecular formula is C32H36ClF3N4O2. The zero-order valence-electron chi connectivity index (χ0n) is 23.8. The molecule has 1 amide bonds. The van der Waals surface area contributed by atoms with E-state index >= 15 is 0 Å². The Balaban J connectivity index is 0.000000274. The zero-order valence-corrected chi connectivity index (χ0v) is 24.6. The van der Waals surface area contributed by atoms with Gasteiger partial charge in [-0.05, 0) is 41.5 Å². The maximum atomic E-state index is 13.8. The fourth-order valence-corrected chi connectivity index (χ4v) is 4.73. The van der Waals surface area contributed by atoms with Crippen molar-refractivity contribution >= 4 is 35.3 Å². The topological polar surface area (TPSA) is 68.7 Å². The van der Waals surface area contributed by atoms with E-state index in [4.69, 9.17) is 11.6 Å². The van der Waals surface area contributed by atoms with E-state index in [1.165, 1.54) is 0 Å². The van der Waals surface area contributed by atoms with Crippen LogP contribution < -0.4 is 15.9 Å². The number of carbonyl (C=O) groups excluding carboxylic acids is 1. The van der Waals surface area contributed by atoms with Gasteiger partial charge in [-0.2, -0.15) is 0 Å². The van der Waals surface area contributed by atoms with Crippen LogP contribution in [0.4, 0.5) is 18.9 Å². The van der Waals surface area contributed by atoms with Gasteiger partial charge in [-0.1, -0.05) is 43.8 Å². The molecule has 2 heterocycles. The number of nitrogens with one attached hydrogen (secondary N) is 1. The highest BCUT2D eigenvalue weighted by Crippen LogP contribution is 2.23. The molecule has 2 N–H and O–H groups in total. The standard InChI is InChI=1S/C19H19ClF3N3O.C13H17NO/c1-24-13-2-3-14(16(20)10-13)19(27)26-6-4-25(5-7-26)11-15-17(22)8-12(21)9-18(15)23;1-4-11(9-12(15)5-2)13-10(3)7-6-8-14-13/h2-3,8-10,24H,4-7,11H2,1H3;4,6-8,12,15H,1,3,5,9H2,2H3/b;13-11-. The van der Waals surface area contributed by atoms with Gasteiger partial charge in [0.2, 0.25) is 0 Å². The van der Waals surface area contributed by atoms with Crippen LogP contribution in [0, 0.1) is 17.5 Å².